The van der Waals surface area contributed by atoms with Gasteiger partial charge in [0.25, 0.3) is 5.56 Å². The molecule has 3 heteroatoms. The fourth-order valence-electron chi connectivity index (χ4n) is 0.931. The number of hydrogen-bond acceptors (Lipinski definition) is 2. The van der Waals surface area contributed by atoms with Crippen LogP contribution < -0.4 is 11.3 Å². The summed E-state index contributed by atoms with van der Waals surface area (Å²) in [6.45, 7) is 7.00. The Labute approximate surface area is 79.2 Å². The fraction of sp³-hybridized carbons (Fsp3) is 0.500. The molecular formula is C10H18N2O. The van der Waals surface area contributed by atoms with Crippen molar-refractivity contribution in [3.8, 4) is 0 Å². The molecule has 1 rings (SSSR count). The molecule has 2 N–H and O–H groups in total. The summed E-state index contributed by atoms with van der Waals surface area (Å²) in [4.78, 5) is 11.1. The van der Waals surface area contributed by atoms with E-state index in [4.69, 9.17) is 5.73 Å². The lowest BCUT2D eigenvalue weighted by atomic mass is 10.3. The molecule has 3 nitrogen and oxygen atoms in total. The van der Waals surface area contributed by atoms with E-state index in [2.05, 4.69) is 0 Å². The summed E-state index contributed by atoms with van der Waals surface area (Å²) < 4.78 is 1.60. The number of aromatic nitrogens is 1. The Morgan fingerprint density at radius 3 is 2.54 bits per heavy atom. The van der Waals surface area contributed by atoms with Gasteiger partial charge in [-0.2, -0.15) is 0 Å². The largest absolute Gasteiger partial charge is 0.329 e. The lowest BCUT2D eigenvalue weighted by Crippen LogP contribution is -2.22. The van der Waals surface area contributed by atoms with Gasteiger partial charge in [0, 0.05) is 25.4 Å². The van der Waals surface area contributed by atoms with Crippen LogP contribution in [0.25, 0.3) is 0 Å². The van der Waals surface area contributed by atoms with Crippen molar-refractivity contribution in [3.63, 3.8) is 0 Å². The second-order valence-electron chi connectivity index (χ2n) is 2.52. The highest BCUT2D eigenvalue weighted by atomic mass is 16.1. The van der Waals surface area contributed by atoms with E-state index in [9.17, 15) is 4.79 Å². The van der Waals surface area contributed by atoms with Gasteiger partial charge in [0.2, 0.25) is 0 Å². The molecule has 0 aliphatic carbocycles. The van der Waals surface area contributed by atoms with Crippen molar-refractivity contribution in [2.75, 3.05) is 6.54 Å². The van der Waals surface area contributed by atoms with E-state index in [-0.39, 0.29) is 5.56 Å². The molecular weight excluding hydrogens is 164 g/mol. The van der Waals surface area contributed by atoms with Gasteiger partial charge in [0.05, 0.1) is 0 Å². The monoisotopic (exact) mass is 182 g/mol. The maximum absolute atomic E-state index is 11.1. The van der Waals surface area contributed by atoms with Crippen molar-refractivity contribution in [1.29, 1.82) is 0 Å². The van der Waals surface area contributed by atoms with Crippen LogP contribution in [0.5, 0.6) is 0 Å². The van der Waals surface area contributed by atoms with Crippen LogP contribution in [0.1, 0.15) is 19.4 Å². The number of rotatable bonds is 2. The van der Waals surface area contributed by atoms with Crippen molar-refractivity contribution >= 4 is 0 Å². The SMILES string of the molecule is CC.Cc1ccn(CCN)c(=O)c1. The number of nitrogens with two attached hydrogens (primary N) is 1. The smallest absolute Gasteiger partial charge is 0.250 e. The van der Waals surface area contributed by atoms with E-state index in [0.717, 1.165) is 5.56 Å². The molecule has 0 atom stereocenters. The predicted molar refractivity (Wildman–Crippen MR) is 55.8 cm³/mol. The van der Waals surface area contributed by atoms with Crippen LogP contribution in [-0.4, -0.2) is 11.1 Å². The minimum atomic E-state index is 0.0236. The Morgan fingerprint density at radius 2 is 2.08 bits per heavy atom. The van der Waals surface area contributed by atoms with Crippen LogP contribution in [0.2, 0.25) is 0 Å². The average Bonchev–Trinajstić information content (AvgIpc) is 2.14. The molecule has 0 aromatic carbocycles. The molecule has 0 radical (unpaired) electrons. The molecule has 0 bridgehead atoms. The minimum absolute atomic E-state index is 0.0236. The van der Waals surface area contributed by atoms with Gasteiger partial charge in [-0.15, -0.1) is 0 Å². The van der Waals surface area contributed by atoms with Crippen LogP contribution >= 0.6 is 0 Å². The van der Waals surface area contributed by atoms with Gasteiger partial charge in [0.15, 0.2) is 0 Å². The van der Waals surface area contributed by atoms with Gasteiger partial charge in [-0.1, -0.05) is 13.8 Å². The molecule has 0 saturated heterocycles. The summed E-state index contributed by atoms with van der Waals surface area (Å²) in [6.07, 6.45) is 1.77. The first kappa shape index (κ1) is 11.9. The normalized spacial score (nSPS) is 8.92. The van der Waals surface area contributed by atoms with Crippen molar-refractivity contribution in [3.05, 3.63) is 34.2 Å². The summed E-state index contributed by atoms with van der Waals surface area (Å²) in [7, 11) is 0. The maximum Gasteiger partial charge on any atom is 0.250 e. The summed E-state index contributed by atoms with van der Waals surface area (Å²) >= 11 is 0. The third-order valence-corrected chi connectivity index (χ3v) is 1.52. The molecule has 0 spiro atoms. The van der Waals surface area contributed by atoms with Crippen molar-refractivity contribution < 1.29 is 0 Å². The Morgan fingerprint density at radius 1 is 1.46 bits per heavy atom. The molecule has 0 saturated carbocycles. The predicted octanol–water partition coefficient (Wildman–Crippen LogP) is 1.14. The zero-order valence-corrected chi connectivity index (χ0v) is 8.58. The van der Waals surface area contributed by atoms with Crippen LogP contribution in [0, 0.1) is 6.92 Å². The van der Waals surface area contributed by atoms with Gasteiger partial charge in [-0.25, -0.2) is 0 Å². The molecule has 13 heavy (non-hydrogen) atoms. The summed E-state index contributed by atoms with van der Waals surface area (Å²) in [6, 6.07) is 3.51. The third kappa shape index (κ3) is 3.90. The quantitative estimate of drug-likeness (QED) is 0.745. The lowest BCUT2D eigenvalue weighted by molar-refractivity contribution is 0.679. The Hall–Kier alpha value is -1.09. The van der Waals surface area contributed by atoms with E-state index in [1.807, 2.05) is 26.8 Å². The summed E-state index contributed by atoms with van der Waals surface area (Å²) in [5.41, 5.74) is 6.32. The van der Waals surface area contributed by atoms with Crippen LogP contribution in [0.15, 0.2) is 23.1 Å². The van der Waals surface area contributed by atoms with Gasteiger partial charge in [-0.3, -0.25) is 4.79 Å². The standard InChI is InChI=1S/C8H12N2O.C2H6/c1-7-2-4-10(5-3-9)8(11)6-7;1-2/h2,4,6H,3,5,9H2,1H3;1-2H3. The van der Waals surface area contributed by atoms with Gasteiger partial charge >= 0.3 is 0 Å². The lowest BCUT2D eigenvalue weighted by Gasteiger charge is -2.01. The number of hydrogen-bond donors (Lipinski definition) is 1. The van der Waals surface area contributed by atoms with E-state index >= 15 is 0 Å². The van der Waals surface area contributed by atoms with E-state index in [0.29, 0.717) is 13.1 Å². The van der Waals surface area contributed by atoms with E-state index in [1.54, 1.807) is 16.8 Å². The Bertz CT molecular complexity index is 291. The highest BCUT2D eigenvalue weighted by molar-refractivity contribution is 5.07. The first-order valence-electron chi connectivity index (χ1n) is 4.61. The van der Waals surface area contributed by atoms with Crippen molar-refractivity contribution in [1.82, 2.24) is 4.57 Å². The van der Waals surface area contributed by atoms with Crippen LogP contribution in [0.3, 0.4) is 0 Å². The summed E-state index contributed by atoms with van der Waals surface area (Å²) in [5, 5.41) is 0. The molecule has 1 aromatic heterocycles. The van der Waals surface area contributed by atoms with Crippen molar-refractivity contribution in [2.24, 2.45) is 5.73 Å². The number of pyridine rings is 1. The topological polar surface area (TPSA) is 48.0 Å². The van der Waals surface area contributed by atoms with Crippen LogP contribution in [0.4, 0.5) is 0 Å². The first-order valence-corrected chi connectivity index (χ1v) is 4.61. The average molecular weight is 182 g/mol. The minimum Gasteiger partial charge on any atom is -0.329 e. The highest BCUT2D eigenvalue weighted by Crippen LogP contribution is 1.89. The molecule has 0 fully saturated rings. The zero-order valence-electron chi connectivity index (χ0n) is 8.58. The zero-order chi connectivity index (χ0) is 10.3. The first-order chi connectivity index (χ1) is 6.24. The van der Waals surface area contributed by atoms with Gasteiger partial charge in [0.1, 0.15) is 0 Å². The van der Waals surface area contributed by atoms with Crippen LogP contribution in [-0.2, 0) is 6.54 Å². The molecule has 1 heterocycles. The summed E-state index contributed by atoms with van der Waals surface area (Å²) in [5.74, 6) is 0. The molecule has 0 aliphatic rings. The molecule has 0 unspecified atom stereocenters. The number of nitrogens with zero attached hydrogens (tertiary/aromatic N) is 1. The molecule has 74 valence electrons. The third-order valence-electron chi connectivity index (χ3n) is 1.52. The van der Waals surface area contributed by atoms with E-state index in [1.165, 1.54) is 0 Å². The Balaban J connectivity index is 0.000000671. The second kappa shape index (κ2) is 6.43. The highest BCUT2D eigenvalue weighted by Gasteiger charge is 1.92. The molecule has 0 amide bonds. The second-order valence-corrected chi connectivity index (χ2v) is 2.52. The molecule has 1 aromatic rings. The fourth-order valence-corrected chi connectivity index (χ4v) is 0.931. The van der Waals surface area contributed by atoms with Gasteiger partial charge < -0.3 is 10.3 Å². The maximum atomic E-state index is 11.1. The Kier molecular flexibility index (Phi) is 5.89. The number of aryl methyl sites for hydroxylation is 1. The molecule has 0 aliphatic heterocycles. The van der Waals surface area contributed by atoms with Gasteiger partial charge in [-0.05, 0) is 18.6 Å². The van der Waals surface area contributed by atoms with E-state index < -0.39 is 0 Å². The van der Waals surface area contributed by atoms with Crippen molar-refractivity contribution in [2.45, 2.75) is 27.3 Å².